The summed E-state index contributed by atoms with van der Waals surface area (Å²) in [6.45, 7) is 5.09. The molecule has 16 heavy (non-hydrogen) atoms. The number of nitrogens with one attached hydrogen (secondary N) is 1. The molecule has 4 nitrogen and oxygen atoms in total. The van der Waals surface area contributed by atoms with Crippen molar-refractivity contribution in [3.05, 3.63) is 42.5 Å². The lowest BCUT2D eigenvalue weighted by molar-refractivity contribution is 0.660. The lowest BCUT2D eigenvalue weighted by Crippen LogP contribution is -2.05. The smallest absolute Gasteiger partial charge is 0.0731 e. The monoisotopic (exact) mass is 216 g/mol. The van der Waals surface area contributed by atoms with Crippen LogP contribution in [0.4, 0.5) is 5.69 Å². The maximum Gasteiger partial charge on any atom is 0.0731 e. The first-order valence-electron chi connectivity index (χ1n) is 5.48. The molecule has 0 spiro atoms. The Morgan fingerprint density at radius 2 is 2.12 bits per heavy atom. The number of aromatic nitrogens is 3. The molecule has 0 saturated carbocycles. The van der Waals surface area contributed by atoms with Crippen molar-refractivity contribution in [2.45, 2.75) is 26.4 Å². The number of pyridine rings is 1. The number of hydrogen-bond acceptors (Lipinski definition) is 3. The molecule has 2 aromatic heterocycles. The minimum atomic E-state index is 0.262. The molecule has 2 heterocycles. The first-order chi connectivity index (χ1) is 7.79. The largest absolute Gasteiger partial charge is 0.376 e. The molecule has 2 aromatic rings. The van der Waals surface area contributed by atoms with E-state index in [9.17, 15) is 0 Å². The summed E-state index contributed by atoms with van der Waals surface area (Å²) in [5.41, 5.74) is 2.27. The average Bonchev–Trinajstić information content (AvgIpc) is 2.78. The van der Waals surface area contributed by atoms with Crippen LogP contribution in [-0.2, 0) is 6.54 Å². The van der Waals surface area contributed by atoms with E-state index in [0.717, 1.165) is 12.2 Å². The van der Waals surface area contributed by atoms with Gasteiger partial charge in [0.1, 0.15) is 0 Å². The van der Waals surface area contributed by atoms with E-state index in [1.165, 1.54) is 5.56 Å². The van der Waals surface area contributed by atoms with E-state index < -0.39 is 0 Å². The lowest BCUT2D eigenvalue weighted by Gasteiger charge is -2.13. The van der Waals surface area contributed by atoms with Crippen LogP contribution in [-0.4, -0.2) is 14.8 Å². The van der Waals surface area contributed by atoms with Crippen molar-refractivity contribution in [3.63, 3.8) is 0 Å². The van der Waals surface area contributed by atoms with Crippen LogP contribution in [0.5, 0.6) is 0 Å². The Kier molecular flexibility index (Phi) is 3.19. The summed E-state index contributed by atoms with van der Waals surface area (Å²) in [7, 11) is 0. The molecule has 0 bridgehead atoms. The molecule has 1 N–H and O–H groups in total. The molecular weight excluding hydrogens is 200 g/mol. The van der Waals surface area contributed by atoms with Crippen LogP contribution in [0.25, 0.3) is 0 Å². The summed E-state index contributed by atoms with van der Waals surface area (Å²) in [4.78, 5) is 4.01. The Balaban J connectivity index is 2.05. The van der Waals surface area contributed by atoms with Gasteiger partial charge in [0.25, 0.3) is 0 Å². The summed E-state index contributed by atoms with van der Waals surface area (Å²) >= 11 is 0. The fourth-order valence-electron chi connectivity index (χ4n) is 1.60. The minimum Gasteiger partial charge on any atom is -0.376 e. The zero-order chi connectivity index (χ0) is 11.4. The fourth-order valence-corrected chi connectivity index (χ4v) is 1.60. The maximum atomic E-state index is 4.22. The number of nitrogens with zero attached hydrogens (tertiary/aromatic N) is 3. The summed E-state index contributed by atoms with van der Waals surface area (Å²) in [5.74, 6) is 0. The van der Waals surface area contributed by atoms with Crippen LogP contribution in [0.2, 0.25) is 0 Å². The van der Waals surface area contributed by atoms with Gasteiger partial charge in [-0.25, -0.2) is 0 Å². The minimum absolute atomic E-state index is 0.262. The zero-order valence-corrected chi connectivity index (χ0v) is 9.59. The van der Waals surface area contributed by atoms with Gasteiger partial charge in [-0.15, -0.1) is 0 Å². The van der Waals surface area contributed by atoms with Gasteiger partial charge in [-0.3, -0.25) is 9.67 Å². The van der Waals surface area contributed by atoms with Gasteiger partial charge in [-0.05, 0) is 31.5 Å². The average molecular weight is 216 g/mol. The summed E-state index contributed by atoms with van der Waals surface area (Å²) < 4.78 is 1.90. The van der Waals surface area contributed by atoms with Crippen LogP contribution in [0.1, 0.15) is 25.5 Å². The molecule has 4 heteroatoms. The van der Waals surface area contributed by atoms with Crippen LogP contribution in [0.3, 0.4) is 0 Å². The van der Waals surface area contributed by atoms with Gasteiger partial charge in [-0.2, -0.15) is 5.10 Å². The molecule has 0 aliphatic carbocycles. The van der Waals surface area contributed by atoms with Gasteiger partial charge < -0.3 is 5.32 Å². The number of anilines is 1. The molecule has 0 radical (unpaired) electrons. The lowest BCUT2D eigenvalue weighted by atomic mass is 10.1. The SMILES string of the molecule is CCn1cc(NC(C)c2ccncc2)cn1. The highest BCUT2D eigenvalue weighted by molar-refractivity contribution is 5.41. The first-order valence-corrected chi connectivity index (χ1v) is 5.48. The van der Waals surface area contributed by atoms with E-state index >= 15 is 0 Å². The molecule has 0 saturated heterocycles. The Labute approximate surface area is 95.3 Å². The maximum absolute atomic E-state index is 4.22. The quantitative estimate of drug-likeness (QED) is 0.853. The van der Waals surface area contributed by atoms with Gasteiger partial charge in [0.2, 0.25) is 0 Å². The number of rotatable bonds is 4. The van der Waals surface area contributed by atoms with Crippen molar-refractivity contribution in [2.24, 2.45) is 0 Å². The Morgan fingerprint density at radius 1 is 1.38 bits per heavy atom. The van der Waals surface area contributed by atoms with E-state index in [0.29, 0.717) is 0 Å². The van der Waals surface area contributed by atoms with Crippen molar-refractivity contribution in [1.82, 2.24) is 14.8 Å². The van der Waals surface area contributed by atoms with Crippen LogP contribution >= 0.6 is 0 Å². The highest BCUT2D eigenvalue weighted by Gasteiger charge is 2.05. The molecule has 0 aromatic carbocycles. The van der Waals surface area contributed by atoms with Gasteiger partial charge >= 0.3 is 0 Å². The molecule has 0 aliphatic rings. The summed E-state index contributed by atoms with van der Waals surface area (Å²) in [6.07, 6.45) is 7.48. The molecule has 0 amide bonds. The second kappa shape index (κ2) is 4.79. The van der Waals surface area contributed by atoms with Crippen molar-refractivity contribution in [1.29, 1.82) is 0 Å². The van der Waals surface area contributed by atoms with Crippen molar-refractivity contribution >= 4 is 5.69 Å². The van der Waals surface area contributed by atoms with Crippen LogP contribution < -0.4 is 5.32 Å². The van der Waals surface area contributed by atoms with Crippen molar-refractivity contribution < 1.29 is 0 Å². The van der Waals surface area contributed by atoms with E-state index in [1.54, 1.807) is 0 Å². The van der Waals surface area contributed by atoms with Crippen molar-refractivity contribution in [2.75, 3.05) is 5.32 Å². The molecule has 0 aliphatic heterocycles. The summed E-state index contributed by atoms with van der Waals surface area (Å²) in [5, 5.41) is 7.62. The van der Waals surface area contributed by atoms with E-state index in [2.05, 4.69) is 29.2 Å². The summed E-state index contributed by atoms with van der Waals surface area (Å²) in [6, 6.07) is 4.29. The third-order valence-electron chi connectivity index (χ3n) is 2.55. The van der Waals surface area contributed by atoms with E-state index in [-0.39, 0.29) is 6.04 Å². The number of aryl methyl sites for hydroxylation is 1. The highest BCUT2D eigenvalue weighted by Crippen LogP contribution is 2.17. The fraction of sp³-hybridized carbons (Fsp3) is 0.333. The third kappa shape index (κ3) is 2.39. The predicted octanol–water partition coefficient (Wildman–Crippen LogP) is 2.47. The first kappa shape index (κ1) is 10.7. The Hall–Kier alpha value is -1.84. The normalized spacial score (nSPS) is 12.4. The molecule has 84 valence electrons. The standard InChI is InChI=1S/C12H16N4/c1-3-16-9-12(8-14-16)15-10(2)11-4-6-13-7-5-11/h4-10,15H,3H2,1-2H3. The van der Waals surface area contributed by atoms with Gasteiger partial charge in [0, 0.05) is 31.2 Å². The van der Waals surface area contributed by atoms with E-state index in [1.807, 2.05) is 41.6 Å². The topological polar surface area (TPSA) is 42.7 Å². The Bertz CT molecular complexity index is 435. The van der Waals surface area contributed by atoms with Crippen LogP contribution in [0, 0.1) is 0 Å². The van der Waals surface area contributed by atoms with Crippen LogP contribution in [0.15, 0.2) is 36.9 Å². The van der Waals surface area contributed by atoms with Gasteiger partial charge in [-0.1, -0.05) is 0 Å². The Morgan fingerprint density at radius 3 is 2.75 bits per heavy atom. The molecule has 1 atom stereocenters. The van der Waals surface area contributed by atoms with Gasteiger partial charge in [0.15, 0.2) is 0 Å². The zero-order valence-electron chi connectivity index (χ0n) is 9.59. The second-order valence-corrected chi connectivity index (χ2v) is 3.73. The molecular formula is C12H16N4. The highest BCUT2D eigenvalue weighted by atomic mass is 15.3. The number of hydrogen-bond donors (Lipinski definition) is 1. The predicted molar refractivity (Wildman–Crippen MR) is 64.2 cm³/mol. The third-order valence-corrected chi connectivity index (χ3v) is 2.55. The van der Waals surface area contributed by atoms with E-state index in [4.69, 9.17) is 0 Å². The molecule has 0 fully saturated rings. The van der Waals surface area contributed by atoms with Crippen molar-refractivity contribution in [3.8, 4) is 0 Å². The molecule has 2 rings (SSSR count). The second-order valence-electron chi connectivity index (χ2n) is 3.73. The molecule has 1 unspecified atom stereocenters. The van der Waals surface area contributed by atoms with Gasteiger partial charge in [0.05, 0.1) is 11.9 Å².